The minimum atomic E-state index is 0.612. The molecule has 1 aliphatic rings. The maximum atomic E-state index is 3.88. The van der Waals surface area contributed by atoms with Gasteiger partial charge in [-0.25, -0.2) is 0 Å². The van der Waals surface area contributed by atoms with E-state index >= 15 is 0 Å². The van der Waals surface area contributed by atoms with E-state index < -0.39 is 0 Å². The van der Waals surface area contributed by atoms with Gasteiger partial charge in [0.25, 0.3) is 0 Å². The van der Waals surface area contributed by atoms with Crippen molar-refractivity contribution in [2.75, 3.05) is 0 Å². The first-order valence-corrected chi connectivity index (χ1v) is 8.63. The molecule has 0 radical (unpaired) electrons. The fraction of sp³-hybridized carbons (Fsp3) is 0.429. The Balaban J connectivity index is 1.99. The van der Waals surface area contributed by atoms with Crippen LogP contribution in [0.2, 0.25) is 4.82 Å². The summed E-state index contributed by atoms with van der Waals surface area (Å²) in [6.45, 7) is 0. The molecule has 16 heavy (non-hydrogen) atoms. The van der Waals surface area contributed by atoms with E-state index in [0.29, 0.717) is 19.8 Å². The molecule has 1 aliphatic carbocycles. The van der Waals surface area contributed by atoms with Gasteiger partial charge in [-0.15, -0.1) is 0 Å². The molecule has 2 rings (SSSR count). The Bertz CT molecular complexity index is 334. The van der Waals surface area contributed by atoms with Crippen LogP contribution in [-0.4, -0.2) is 19.8 Å². The summed E-state index contributed by atoms with van der Waals surface area (Å²) in [4.78, 5) is 1.55. The second kappa shape index (κ2) is 6.64. The van der Waals surface area contributed by atoms with Crippen LogP contribution in [-0.2, 0) is 0 Å². The monoisotopic (exact) mass is 344 g/mol. The molecule has 0 N–H and O–H groups in total. The van der Waals surface area contributed by atoms with E-state index in [1.165, 1.54) is 30.1 Å². The van der Waals surface area contributed by atoms with Gasteiger partial charge in [-0.1, -0.05) is 0 Å². The van der Waals surface area contributed by atoms with E-state index in [9.17, 15) is 0 Å². The summed E-state index contributed by atoms with van der Waals surface area (Å²) in [6.07, 6.45) is 9.79. The van der Waals surface area contributed by atoms with Gasteiger partial charge >= 0.3 is 113 Å². The number of hydrogen-bond acceptors (Lipinski definition) is 0. The van der Waals surface area contributed by atoms with Gasteiger partial charge < -0.3 is 0 Å². The zero-order chi connectivity index (χ0) is 11.2. The van der Waals surface area contributed by atoms with E-state index in [4.69, 9.17) is 0 Å². The van der Waals surface area contributed by atoms with Crippen LogP contribution in [0.15, 0.2) is 42.5 Å². The SMILES string of the molecule is Br[C@@H]1CC/C=C\CC[C@H]1[Se]c1ccccc1. The van der Waals surface area contributed by atoms with Gasteiger partial charge in [0.2, 0.25) is 0 Å². The Morgan fingerprint density at radius 2 is 1.69 bits per heavy atom. The predicted molar refractivity (Wildman–Crippen MR) is 75.9 cm³/mol. The molecule has 0 bridgehead atoms. The summed E-state index contributed by atoms with van der Waals surface area (Å²) in [5, 5.41) is 0. The number of hydrogen-bond donors (Lipinski definition) is 0. The fourth-order valence-corrected chi connectivity index (χ4v) is 5.54. The van der Waals surface area contributed by atoms with Gasteiger partial charge in [-0.3, -0.25) is 0 Å². The Kier molecular flexibility index (Phi) is 5.15. The molecule has 1 aromatic carbocycles. The number of benzene rings is 1. The van der Waals surface area contributed by atoms with Crippen molar-refractivity contribution in [3.05, 3.63) is 42.5 Å². The summed E-state index contributed by atoms with van der Waals surface area (Å²) in [5.74, 6) is 0. The zero-order valence-electron chi connectivity index (χ0n) is 9.31. The van der Waals surface area contributed by atoms with Crippen molar-refractivity contribution in [3.63, 3.8) is 0 Å². The number of allylic oxidation sites excluding steroid dienone is 2. The summed E-state index contributed by atoms with van der Waals surface area (Å²) in [6, 6.07) is 11.0. The average molecular weight is 344 g/mol. The van der Waals surface area contributed by atoms with Crippen LogP contribution >= 0.6 is 15.9 Å². The van der Waals surface area contributed by atoms with Crippen LogP contribution in [0.25, 0.3) is 0 Å². The molecule has 0 aromatic heterocycles. The first-order chi connectivity index (χ1) is 7.86. The third-order valence-corrected chi connectivity index (χ3v) is 7.67. The molecule has 0 saturated heterocycles. The van der Waals surface area contributed by atoms with Gasteiger partial charge in [-0.05, 0) is 0 Å². The molecule has 1 aromatic rings. The van der Waals surface area contributed by atoms with E-state index in [1.807, 2.05) is 0 Å². The van der Waals surface area contributed by atoms with E-state index in [-0.39, 0.29) is 0 Å². The Morgan fingerprint density at radius 3 is 2.44 bits per heavy atom. The zero-order valence-corrected chi connectivity index (χ0v) is 12.6. The molecule has 0 heterocycles. The summed E-state index contributed by atoms with van der Waals surface area (Å²) in [7, 11) is 0. The summed E-state index contributed by atoms with van der Waals surface area (Å²) in [5.41, 5.74) is 0. The Morgan fingerprint density at radius 1 is 1.00 bits per heavy atom. The van der Waals surface area contributed by atoms with Crippen molar-refractivity contribution in [2.45, 2.75) is 35.3 Å². The van der Waals surface area contributed by atoms with Crippen LogP contribution in [0.4, 0.5) is 0 Å². The number of rotatable bonds is 2. The Labute approximate surface area is 113 Å². The summed E-state index contributed by atoms with van der Waals surface area (Å²) >= 11 is 4.49. The third kappa shape index (κ3) is 3.76. The van der Waals surface area contributed by atoms with Crippen molar-refractivity contribution < 1.29 is 0 Å². The van der Waals surface area contributed by atoms with Crippen molar-refractivity contribution in [1.82, 2.24) is 0 Å². The molecule has 0 aliphatic heterocycles. The molecule has 0 nitrogen and oxygen atoms in total. The molecular weight excluding hydrogens is 327 g/mol. The van der Waals surface area contributed by atoms with Crippen LogP contribution in [0, 0.1) is 0 Å². The van der Waals surface area contributed by atoms with Crippen molar-refractivity contribution in [1.29, 1.82) is 0 Å². The maximum absolute atomic E-state index is 3.88. The molecule has 0 unspecified atom stereocenters. The van der Waals surface area contributed by atoms with Crippen LogP contribution in [0.1, 0.15) is 25.7 Å². The molecule has 0 amide bonds. The Hall–Kier alpha value is -0.0405. The van der Waals surface area contributed by atoms with Crippen LogP contribution in [0.5, 0.6) is 0 Å². The van der Waals surface area contributed by atoms with Crippen molar-refractivity contribution in [2.24, 2.45) is 0 Å². The van der Waals surface area contributed by atoms with E-state index in [0.717, 1.165) is 4.82 Å². The van der Waals surface area contributed by atoms with Crippen LogP contribution < -0.4 is 4.46 Å². The summed E-state index contributed by atoms with van der Waals surface area (Å²) < 4.78 is 1.54. The first-order valence-electron chi connectivity index (χ1n) is 5.87. The van der Waals surface area contributed by atoms with E-state index in [1.54, 1.807) is 0 Å². The van der Waals surface area contributed by atoms with Crippen LogP contribution in [0.3, 0.4) is 0 Å². The van der Waals surface area contributed by atoms with Gasteiger partial charge in [0, 0.05) is 0 Å². The second-order valence-corrected chi connectivity index (χ2v) is 8.04. The van der Waals surface area contributed by atoms with Gasteiger partial charge in [0.1, 0.15) is 0 Å². The molecule has 0 saturated carbocycles. The fourth-order valence-electron chi connectivity index (χ4n) is 1.92. The number of alkyl halides is 1. The molecule has 2 atom stereocenters. The third-order valence-electron chi connectivity index (χ3n) is 2.83. The minimum absolute atomic E-state index is 0.612. The predicted octanol–water partition coefficient (Wildman–Crippen LogP) is 3.70. The standard InChI is InChI=1S/C14H17BrSe/c15-13-10-6-1-2-7-11-14(13)16-12-8-4-3-5-9-12/h1-5,8-9,13-14H,6-7,10-11H2/b2-1-/t13-,14-/m1/s1. The molecule has 0 fully saturated rings. The topological polar surface area (TPSA) is 0 Å². The first kappa shape index (κ1) is 12.4. The molecule has 86 valence electrons. The van der Waals surface area contributed by atoms with Crippen molar-refractivity contribution in [3.8, 4) is 0 Å². The quantitative estimate of drug-likeness (QED) is 0.436. The van der Waals surface area contributed by atoms with Gasteiger partial charge in [0.15, 0.2) is 0 Å². The molecular formula is C14H17BrSe. The molecule has 2 heteroatoms. The van der Waals surface area contributed by atoms with Crippen molar-refractivity contribution >= 4 is 35.3 Å². The normalized spacial score (nSPS) is 28.1. The van der Waals surface area contributed by atoms with E-state index in [2.05, 4.69) is 58.4 Å². The molecule has 0 spiro atoms. The number of halogens is 1. The van der Waals surface area contributed by atoms with Gasteiger partial charge in [-0.2, -0.15) is 0 Å². The van der Waals surface area contributed by atoms with Gasteiger partial charge in [0.05, 0.1) is 0 Å². The average Bonchev–Trinajstić information content (AvgIpc) is 2.30. The second-order valence-electron chi connectivity index (χ2n) is 4.11.